The Bertz CT molecular complexity index is 1110. The summed E-state index contributed by atoms with van der Waals surface area (Å²) in [5, 5.41) is 21.7. The van der Waals surface area contributed by atoms with Crippen molar-refractivity contribution in [2.75, 3.05) is 11.4 Å². The number of anilines is 1. The molecule has 0 atom stereocenters. The molecule has 0 radical (unpaired) electrons. The third-order valence-corrected chi connectivity index (χ3v) is 5.61. The van der Waals surface area contributed by atoms with Crippen LogP contribution in [-0.2, 0) is 5.41 Å². The number of phenols is 2. The van der Waals surface area contributed by atoms with E-state index in [1.165, 1.54) is 33.8 Å². The zero-order chi connectivity index (χ0) is 19.9. The molecule has 0 saturated carbocycles. The van der Waals surface area contributed by atoms with Crippen molar-refractivity contribution in [2.45, 2.75) is 26.2 Å². The second kappa shape index (κ2) is 6.75. The molecule has 142 valence electrons. The number of benzene rings is 3. The van der Waals surface area contributed by atoms with Crippen LogP contribution in [0.4, 0.5) is 5.69 Å². The van der Waals surface area contributed by atoms with Gasteiger partial charge in [-0.2, -0.15) is 0 Å². The number of nitrogens with zero attached hydrogens (tertiary/aromatic N) is 1. The van der Waals surface area contributed by atoms with Gasteiger partial charge in [-0.15, -0.1) is 0 Å². The van der Waals surface area contributed by atoms with Crippen LogP contribution in [0.5, 0.6) is 11.5 Å². The van der Waals surface area contributed by atoms with Gasteiger partial charge >= 0.3 is 0 Å². The highest BCUT2D eigenvalue weighted by Gasteiger charge is 2.40. The second-order valence-corrected chi connectivity index (χ2v) is 7.71. The molecule has 1 aliphatic rings. The molecule has 3 aromatic carbocycles. The molecule has 0 fully saturated rings. The minimum absolute atomic E-state index is 0.105. The molecular formula is C25H25NO2. The number of fused-ring (bicyclic) bond motifs is 3. The second-order valence-electron chi connectivity index (χ2n) is 7.71. The molecule has 0 unspecified atom stereocenters. The Morgan fingerprint density at radius 2 is 1.75 bits per heavy atom. The molecule has 0 aliphatic carbocycles. The molecular weight excluding hydrogens is 346 g/mol. The standard InChI is InChI=1S/C25H25NO2/c1-4-26-20-14-13-18-9-5-6-10-19(18)24(20)25(2,3)23(26)11-7-8-17-12-15-21(27)22(28)16-17/h5-16,27-28H,4H2,1-3H3. The molecule has 0 aromatic heterocycles. The van der Waals surface area contributed by atoms with Gasteiger partial charge in [-0.05, 0) is 53.1 Å². The minimum Gasteiger partial charge on any atom is -0.504 e. The molecule has 3 nitrogen and oxygen atoms in total. The fourth-order valence-corrected chi connectivity index (χ4v) is 4.27. The van der Waals surface area contributed by atoms with E-state index in [0.717, 1.165) is 12.1 Å². The van der Waals surface area contributed by atoms with Gasteiger partial charge in [0, 0.05) is 23.3 Å². The first-order valence-electron chi connectivity index (χ1n) is 9.64. The smallest absolute Gasteiger partial charge is 0.157 e. The average molecular weight is 371 g/mol. The van der Waals surface area contributed by atoms with E-state index in [1.54, 1.807) is 12.1 Å². The molecule has 1 aliphatic heterocycles. The maximum atomic E-state index is 9.69. The summed E-state index contributed by atoms with van der Waals surface area (Å²) < 4.78 is 0. The van der Waals surface area contributed by atoms with Crippen molar-refractivity contribution in [3.63, 3.8) is 0 Å². The summed E-state index contributed by atoms with van der Waals surface area (Å²) >= 11 is 0. The maximum Gasteiger partial charge on any atom is 0.157 e. The van der Waals surface area contributed by atoms with Crippen molar-refractivity contribution >= 4 is 22.5 Å². The highest BCUT2D eigenvalue weighted by molar-refractivity contribution is 5.94. The van der Waals surface area contributed by atoms with E-state index in [1.807, 2.05) is 12.2 Å². The van der Waals surface area contributed by atoms with Gasteiger partial charge in [0.1, 0.15) is 0 Å². The Balaban J connectivity index is 1.78. The van der Waals surface area contributed by atoms with Crippen molar-refractivity contribution in [3.05, 3.63) is 83.6 Å². The number of hydrogen-bond donors (Lipinski definition) is 2. The number of rotatable bonds is 3. The molecule has 2 N–H and O–H groups in total. The minimum atomic E-state index is -0.117. The van der Waals surface area contributed by atoms with Crippen LogP contribution in [0.2, 0.25) is 0 Å². The predicted molar refractivity (Wildman–Crippen MR) is 117 cm³/mol. The summed E-state index contributed by atoms with van der Waals surface area (Å²) in [7, 11) is 0. The normalized spacial score (nSPS) is 17.0. The van der Waals surface area contributed by atoms with Gasteiger partial charge in [-0.3, -0.25) is 0 Å². The Morgan fingerprint density at radius 1 is 0.964 bits per heavy atom. The van der Waals surface area contributed by atoms with Crippen LogP contribution >= 0.6 is 0 Å². The van der Waals surface area contributed by atoms with Crippen LogP contribution in [0.3, 0.4) is 0 Å². The zero-order valence-electron chi connectivity index (χ0n) is 16.5. The Kier molecular flexibility index (Phi) is 4.38. The van der Waals surface area contributed by atoms with Crippen molar-refractivity contribution in [3.8, 4) is 11.5 Å². The van der Waals surface area contributed by atoms with E-state index in [4.69, 9.17) is 0 Å². The van der Waals surface area contributed by atoms with E-state index in [9.17, 15) is 10.2 Å². The lowest BCUT2D eigenvalue weighted by Crippen LogP contribution is -2.25. The Hall–Kier alpha value is -3.20. The quantitative estimate of drug-likeness (QED) is 0.558. The van der Waals surface area contributed by atoms with Gasteiger partial charge in [0.2, 0.25) is 0 Å². The third kappa shape index (κ3) is 2.84. The van der Waals surface area contributed by atoms with E-state index in [-0.39, 0.29) is 16.9 Å². The predicted octanol–water partition coefficient (Wildman–Crippen LogP) is 5.97. The summed E-state index contributed by atoms with van der Waals surface area (Å²) in [5.41, 5.74) is 4.62. The lowest BCUT2D eigenvalue weighted by molar-refractivity contribution is 0.403. The van der Waals surface area contributed by atoms with Crippen molar-refractivity contribution in [2.24, 2.45) is 0 Å². The third-order valence-electron chi connectivity index (χ3n) is 5.61. The van der Waals surface area contributed by atoms with Crippen LogP contribution in [0.15, 0.2) is 72.4 Å². The molecule has 0 spiro atoms. The molecule has 0 bridgehead atoms. The van der Waals surface area contributed by atoms with Crippen molar-refractivity contribution in [1.29, 1.82) is 0 Å². The van der Waals surface area contributed by atoms with Crippen LogP contribution in [0, 0.1) is 0 Å². The van der Waals surface area contributed by atoms with Gasteiger partial charge in [-0.25, -0.2) is 0 Å². The van der Waals surface area contributed by atoms with Crippen molar-refractivity contribution in [1.82, 2.24) is 0 Å². The van der Waals surface area contributed by atoms with Gasteiger partial charge in [0.25, 0.3) is 0 Å². The highest BCUT2D eigenvalue weighted by Crippen LogP contribution is 2.50. The van der Waals surface area contributed by atoms with Crippen LogP contribution in [-0.4, -0.2) is 16.8 Å². The number of allylic oxidation sites excluding steroid dienone is 3. The van der Waals surface area contributed by atoms with Gasteiger partial charge in [0.05, 0.1) is 0 Å². The van der Waals surface area contributed by atoms with E-state index in [0.29, 0.717) is 0 Å². The van der Waals surface area contributed by atoms with E-state index in [2.05, 4.69) is 68.1 Å². The first-order valence-corrected chi connectivity index (χ1v) is 9.64. The van der Waals surface area contributed by atoms with Crippen LogP contribution in [0.1, 0.15) is 31.9 Å². The number of likely N-dealkylation sites (N-methyl/N-ethyl adjacent to an activating group) is 1. The first kappa shape index (κ1) is 18.2. The summed E-state index contributed by atoms with van der Waals surface area (Å²) in [6.45, 7) is 7.63. The monoisotopic (exact) mass is 371 g/mol. The van der Waals surface area contributed by atoms with Crippen molar-refractivity contribution < 1.29 is 10.2 Å². The topological polar surface area (TPSA) is 43.7 Å². The average Bonchev–Trinajstić information content (AvgIpc) is 2.91. The number of aromatic hydroxyl groups is 2. The molecule has 3 heteroatoms. The fourth-order valence-electron chi connectivity index (χ4n) is 4.27. The summed E-state index contributed by atoms with van der Waals surface area (Å²) in [4.78, 5) is 2.38. The molecule has 3 aromatic rings. The maximum absolute atomic E-state index is 9.69. The fraction of sp³-hybridized carbons (Fsp3) is 0.200. The Labute approximate surface area is 165 Å². The van der Waals surface area contributed by atoms with Crippen LogP contribution < -0.4 is 4.90 Å². The van der Waals surface area contributed by atoms with Gasteiger partial charge in [-0.1, -0.05) is 62.4 Å². The molecule has 0 saturated heterocycles. The van der Waals surface area contributed by atoms with E-state index < -0.39 is 0 Å². The number of hydrogen-bond acceptors (Lipinski definition) is 3. The number of phenolic OH excluding ortho intramolecular Hbond substituents is 2. The first-order chi connectivity index (χ1) is 13.4. The highest BCUT2D eigenvalue weighted by atomic mass is 16.3. The lowest BCUT2D eigenvalue weighted by Gasteiger charge is -2.26. The summed E-state index contributed by atoms with van der Waals surface area (Å²) in [5.74, 6) is -0.211. The molecule has 4 rings (SSSR count). The lowest BCUT2D eigenvalue weighted by atomic mass is 9.81. The SMILES string of the molecule is CCN1C(=CC=Cc2ccc(O)c(O)c2)C(C)(C)c2c1ccc1ccccc21. The molecule has 1 heterocycles. The van der Waals surface area contributed by atoms with E-state index >= 15 is 0 Å². The largest absolute Gasteiger partial charge is 0.504 e. The van der Waals surface area contributed by atoms with Gasteiger partial charge < -0.3 is 15.1 Å². The van der Waals surface area contributed by atoms with Crippen LogP contribution in [0.25, 0.3) is 16.8 Å². The summed E-state index contributed by atoms with van der Waals surface area (Å²) in [6.07, 6.45) is 6.11. The zero-order valence-corrected chi connectivity index (χ0v) is 16.5. The summed E-state index contributed by atoms with van der Waals surface area (Å²) in [6, 6.07) is 17.8. The van der Waals surface area contributed by atoms with Gasteiger partial charge in [0.15, 0.2) is 11.5 Å². The Morgan fingerprint density at radius 3 is 2.50 bits per heavy atom. The molecule has 28 heavy (non-hydrogen) atoms. The molecule has 0 amide bonds.